The van der Waals surface area contributed by atoms with Gasteiger partial charge in [-0.1, -0.05) is 20.8 Å². The molecule has 0 aromatic heterocycles. The van der Waals surface area contributed by atoms with Crippen LogP contribution in [-0.4, -0.2) is 12.1 Å². The number of hydrogen-bond donors (Lipinski definition) is 1. The van der Waals surface area contributed by atoms with Crippen molar-refractivity contribution in [1.82, 2.24) is 5.32 Å². The topological polar surface area (TPSA) is 12.0 Å². The fourth-order valence-electron chi connectivity index (χ4n) is 6.02. The second-order valence-electron chi connectivity index (χ2n) is 7.44. The van der Waals surface area contributed by atoms with Gasteiger partial charge in [-0.2, -0.15) is 0 Å². The van der Waals surface area contributed by atoms with E-state index in [1.807, 2.05) is 0 Å². The highest BCUT2D eigenvalue weighted by atomic mass is 15.0. The molecule has 4 aliphatic rings. The third-order valence-corrected chi connectivity index (χ3v) is 5.18. The van der Waals surface area contributed by atoms with Crippen molar-refractivity contribution < 1.29 is 0 Å². The average Bonchev–Trinajstić information content (AvgIpc) is 1.94. The maximum Gasteiger partial charge on any atom is 0.0194 e. The van der Waals surface area contributed by atoms with E-state index in [9.17, 15) is 0 Å². The third-order valence-electron chi connectivity index (χ3n) is 5.18. The molecule has 0 amide bonds. The van der Waals surface area contributed by atoms with E-state index in [0.717, 1.165) is 12.5 Å². The van der Waals surface area contributed by atoms with Crippen LogP contribution in [0.1, 0.15) is 59.3 Å². The Morgan fingerprint density at radius 3 is 2.07 bits per heavy atom. The second kappa shape index (κ2) is 2.80. The minimum absolute atomic E-state index is 0.525. The van der Waals surface area contributed by atoms with Gasteiger partial charge in [-0.05, 0) is 61.8 Å². The molecule has 0 aliphatic heterocycles. The first-order valence-corrected chi connectivity index (χ1v) is 6.72. The summed E-state index contributed by atoms with van der Waals surface area (Å²) >= 11 is 0. The fraction of sp³-hybridized carbons (Fsp3) is 1.00. The molecule has 1 heteroatoms. The molecule has 1 nitrogen and oxygen atoms in total. The lowest BCUT2D eigenvalue weighted by Crippen LogP contribution is -2.64. The number of hydrogen-bond acceptors (Lipinski definition) is 1. The lowest BCUT2D eigenvalue weighted by Gasteiger charge is -2.65. The zero-order chi connectivity index (χ0) is 10.7. The second-order valence-corrected chi connectivity index (χ2v) is 7.44. The summed E-state index contributed by atoms with van der Waals surface area (Å²) in [6, 6.07) is 0. The van der Waals surface area contributed by atoms with Crippen LogP contribution < -0.4 is 5.32 Å². The van der Waals surface area contributed by atoms with Crippen LogP contribution in [0.2, 0.25) is 0 Å². The van der Waals surface area contributed by atoms with E-state index in [4.69, 9.17) is 0 Å². The predicted octanol–water partition coefficient (Wildman–Crippen LogP) is 3.34. The van der Waals surface area contributed by atoms with Gasteiger partial charge in [0.15, 0.2) is 0 Å². The molecule has 0 saturated heterocycles. The highest BCUT2D eigenvalue weighted by Gasteiger charge is 2.59. The summed E-state index contributed by atoms with van der Waals surface area (Å²) in [5.41, 5.74) is 1.85. The van der Waals surface area contributed by atoms with E-state index < -0.39 is 0 Å². The molecular formula is C14H25N. The van der Waals surface area contributed by atoms with Crippen LogP contribution in [0, 0.1) is 16.7 Å². The van der Waals surface area contributed by atoms with E-state index in [-0.39, 0.29) is 0 Å². The molecule has 2 unspecified atom stereocenters. The molecule has 0 spiro atoms. The van der Waals surface area contributed by atoms with E-state index in [1.54, 1.807) is 0 Å². The maximum atomic E-state index is 3.84. The van der Waals surface area contributed by atoms with Crippen molar-refractivity contribution in [3.05, 3.63) is 0 Å². The summed E-state index contributed by atoms with van der Waals surface area (Å²) in [4.78, 5) is 0. The Labute approximate surface area is 94.0 Å². The quantitative estimate of drug-likeness (QED) is 0.732. The standard InChI is InChI=1S/C14H25N/c1-4-15-14-7-11-5-12(2,9-14)8-13(3,6-11)10-14/h11,15H,4-10H2,1-3H3. The first-order chi connectivity index (χ1) is 6.97. The molecule has 0 heterocycles. The van der Waals surface area contributed by atoms with Crippen LogP contribution in [0.15, 0.2) is 0 Å². The predicted molar refractivity (Wildman–Crippen MR) is 63.8 cm³/mol. The molecule has 1 N–H and O–H groups in total. The Hall–Kier alpha value is -0.0400. The van der Waals surface area contributed by atoms with E-state index in [0.29, 0.717) is 16.4 Å². The van der Waals surface area contributed by atoms with Crippen molar-refractivity contribution in [2.45, 2.75) is 64.8 Å². The Morgan fingerprint density at radius 1 is 1.00 bits per heavy atom. The van der Waals surface area contributed by atoms with Gasteiger partial charge in [0.2, 0.25) is 0 Å². The Morgan fingerprint density at radius 2 is 1.60 bits per heavy atom. The van der Waals surface area contributed by atoms with Gasteiger partial charge in [0, 0.05) is 5.54 Å². The summed E-state index contributed by atoms with van der Waals surface area (Å²) in [6.07, 6.45) is 8.86. The van der Waals surface area contributed by atoms with Gasteiger partial charge in [0.1, 0.15) is 0 Å². The molecule has 2 atom stereocenters. The third kappa shape index (κ3) is 1.46. The summed E-state index contributed by atoms with van der Waals surface area (Å²) in [5, 5.41) is 3.84. The molecule has 15 heavy (non-hydrogen) atoms. The van der Waals surface area contributed by atoms with Crippen LogP contribution >= 0.6 is 0 Å². The Balaban J connectivity index is 1.94. The van der Waals surface area contributed by atoms with Crippen molar-refractivity contribution >= 4 is 0 Å². The molecule has 0 aromatic carbocycles. The van der Waals surface area contributed by atoms with Crippen LogP contribution in [0.4, 0.5) is 0 Å². The first-order valence-electron chi connectivity index (χ1n) is 6.72. The summed E-state index contributed by atoms with van der Waals surface area (Å²) in [6.45, 7) is 8.51. The van der Waals surface area contributed by atoms with E-state index in [1.165, 1.54) is 38.5 Å². The van der Waals surface area contributed by atoms with Crippen LogP contribution in [-0.2, 0) is 0 Å². The van der Waals surface area contributed by atoms with Gasteiger partial charge in [0.25, 0.3) is 0 Å². The molecule has 4 aliphatic carbocycles. The van der Waals surface area contributed by atoms with Crippen molar-refractivity contribution in [3.63, 3.8) is 0 Å². The molecule has 4 rings (SSSR count). The largest absolute Gasteiger partial charge is 0.311 e. The van der Waals surface area contributed by atoms with E-state index >= 15 is 0 Å². The van der Waals surface area contributed by atoms with Crippen LogP contribution in [0.5, 0.6) is 0 Å². The molecule has 4 saturated carbocycles. The summed E-state index contributed by atoms with van der Waals surface area (Å²) in [5.74, 6) is 1.02. The van der Waals surface area contributed by atoms with Gasteiger partial charge < -0.3 is 5.32 Å². The van der Waals surface area contributed by atoms with Crippen LogP contribution in [0.3, 0.4) is 0 Å². The van der Waals surface area contributed by atoms with Crippen molar-refractivity contribution in [2.24, 2.45) is 16.7 Å². The lowest BCUT2D eigenvalue weighted by molar-refractivity contribution is -0.117. The normalized spacial score (nSPS) is 57.4. The van der Waals surface area contributed by atoms with Gasteiger partial charge in [0.05, 0.1) is 0 Å². The Kier molecular flexibility index (Phi) is 1.89. The highest BCUT2D eigenvalue weighted by Crippen LogP contribution is 2.66. The number of nitrogens with one attached hydrogen (secondary N) is 1. The first kappa shape index (κ1) is 10.1. The van der Waals surface area contributed by atoms with Crippen LogP contribution in [0.25, 0.3) is 0 Å². The maximum absolute atomic E-state index is 3.84. The minimum Gasteiger partial charge on any atom is -0.311 e. The van der Waals surface area contributed by atoms with E-state index in [2.05, 4.69) is 26.1 Å². The minimum atomic E-state index is 0.525. The van der Waals surface area contributed by atoms with Crippen molar-refractivity contribution in [1.29, 1.82) is 0 Å². The van der Waals surface area contributed by atoms with Crippen molar-refractivity contribution in [3.8, 4) is 0 Å². The molecule has 4 fully saturated rings. The van der Waals surface area contributed by atoms with Crippen molar-refractivity contribution in [2.75, 3.05) is 6.54 Å². The molecule has 86 valence electrons. The number of rotatable bonds is 2. The zero-order valence-electron chi connectivity index (χ0n) is 10.5. The van der Waals surface area contributed by atoms with Gasteiger partial charge >= 0.3 is 0 Å². The molecule has 0 radical (unpaired) electrons. The Bertz CT molecular complexity index is 265. The highest BCUT2D eigenvalue weighted by molar-refractivity contribution is 5.14. The molecular weight excluding hydrogens is 182 g/mol. The average molecular weight is 207 g/mol. The summed E-state index contributed by atoms with van der Waals surface area (Å²) < 4.78 is 0. The fourth-order valence-corrected chi connectivity index (χ4v) is 6.02. The van der Waals surface area contributed by atoms with Gasteiger partial charge in [-0.3, -0.25) is 0 Å². The smallest absolute Gasteiger partial charge is 0.0194 e. The monoisotopic (exact) mass is 207 g/mol. The SMILES string of the molecule is CCNC12CC3CC(C)(CC(C)(C3)C1)C2. The van der Waals surface area contributed by atoms with Gasteiger partial charge in [-0.15, -0.1) is 0 Å². The molecule has 4 bridgehead atoms. The molecule has 0 aromatic rings. The van der Waals surface area contributed by atoms with Gasteiger partial charge in [-0.25, -0.2) is 0 Å². The zero-order valence-corrected chi connectivity index (χ0v) is 10.5. The lowest BCUT2D eigenvalue weighted by atomic mass is 9.43. The summed E-state index contributed by atoms with van der Waals surface area (Å²) in [7, 11) is 0.